The predicted molar refractivity (Wildman–Crippen MR) is 181 cm³/mol. The van der Waals surface area contributed by atoms with Crippen molar-refractivity contribution in [1.29, 1.82) is 0 Å². The lowest BCUT2D eigenvalue weighted by Gasteiger charge is -2.10. The maximum Gasteiger partial charge on any atom is 0.256 e. The highest BCUT2D eigenvalue weighted by Gasteiger charge is 2.11. The Morgan fingerprint density at radius 2 is 1.63 bits per heavy atom. The number of aromatic nitrogens is 2. The third-order valence-electron chi connectivity index (χ3n) is 6.75. The lowest BCUT2D eigenvalue weighted by atomic mass is 10.1. The van der Waals surface area contributed by atoms with Crippen molar-refractivity contribution in [2.45, 2.75) is 64.8 Å². The number of hydrogen-bond donors (Lipinski definition) is 2. The number of carbonyl (C=O) groups is 2. The van der Waals surface area contributed by atoms with Gasteiger partial charge in [0.1, 0.15) is 0 Å². The number of amides is 2. The second-order valence-electron chi connectivity index (χ2n) is 10.8. The first-order valence-corrected chi connectivity index (χ1v) is 15.8. The highest BCUT2D eigenvalue weighted by molar-refractivity contribution is 7.99. The van der Waals surface area contributed by atoms with Crippen LogP contribution in [0, 0.1) is 0 Å². The molecule has 0 atom stereocenters. The monoisotopic (exact) mass is 596 g/mol. The number of imidazole rings is 1. The molecule has 2 amide bonds. The Hall–Kier alpha value is -4.10. The number of allylic oxidation sites excluding steroid dienone is 5. The van der Waals surface area contributed by atoms with E-state index in [2.05, 4.69) is 61.5 Å². The van der Waals surface area contributed by atoms with Crippen molar-refractivity contribution in [2.24, 2.45) is 0 Å². The van der Waals surface area contributed by atoms with Crippen molar-refractivity contribution in [3.8, 4) is 0 Å². The Bertz CT molecular complexity index is 1430. The number of nitrogens with zero attached hydrogens (tertiary/aromatic N) is 2. The molecule has 0 fully saturated rings. The van der Waals surface area contributed by atoms with Gasteiger partial charge in [0, 0.05) is 47.9 Å². The first-order chi connectivity index (χ1) is 20.8. The summed E-state index contributed by atoms with van der Waals surface area (Å²) in [5.41, 5.74) is 6.42. The van der Waals surface area contributed by atoms with Crippen LogP contribution >= 0.6 is 11.8 Å². The summed E-state index contributed by atoms with van der Waals surface area (Å²) in [6.07, 6.45) is 19.8. The summed E-state index contributed by atoms with van der Waals surface area (Å²) in [6, 6.07) is 15.1. The van der Waals surface area contributed by atoms with Crippen LogP contribution in [0.2, 0.25) is 0 Å². The molecule has 0 unspecified atom stereocenters. The molecule has 6 nitrogen and oxygen atoms in total. The Morgan fingerprint density at radius 1 is 0.907 bits per heavy atom. The second kappa shape index (κ2) is 18.4. The molecule has 0 aliphatic rings. The van der Waals surface area contributed by atoms with Gasteiger partial charge in [-0.3, -0.25) is 9.59 Å². The van der Waals surface area contributed by atoms with E-state index in [1.54, 1.807) is 30.4 Å². The molecule has 2 N–H and O–H groups in total. The molecule has 0 aliphatic heterocycles. The fourth-order valence-electron chi connectivity index (χ4n) is 4.23. The van der Waals surface area contributed by atoms with E-state index in [0.717, 1.165) is 41.9 Å². The average molecular weight is 597 g/mol. The van der Waals surface area contributed by atoms with Crippen LogP contribution < -0.4 is 10.6 Å². The van der Waals surface area contributed by atoms with Gasteiger partial charge in [0.05, 0.1) is 11.9 Å². The van der Waals surface area contributed by atoms with Crippen molar-refractivity contribution < 1.29 is 9.59 Å². The highest BCUT2D eigenvalue weighted by atomic mass is 32.2. The molecule has 1 heterocycles. The zero-order valence-electron chi connectivity index (χ0n) is 25.8. The number of thioether (sulfide) groups is 1. The third-order valence-corrected chi connectivity index (χ3v) is 7.75. The lowest BCUT2D eigenvalue weighted by molar-refractivity contribution is -0.116. The molecule has 0 aliphatic carbocycles. The SMILES string of the molecule is CC(C)=CCC/C(C)=C/CC/C(C)=C/CSc1ccccc1C(=O)Nc1ccc(/C=C/C(=O)NCCn2ccnc2)cc1. The summed E-state index contributed by atoms with van der Waals surface area (Å²) < 4.78 is 1.91. The summed E-state index contributed by atoms with van der Waals surface area (Å²) in [5.74, 6) is 0.518. The zero-order chi connectivity index (χ0) is 30.9. The summed E-state index contributed by atoms with van der Waals surface area (Å²) >= 11 is 1.67. The quantitative estimate of drug-likeness (QED) is 0.0988. The number of anilines is 1. The first kappa shape index (κ1) is 33.4. The number of rotatable bonds is 16. The van der Waals surface area contributed by atoms with Gasteiger partial charge in [-0.25, -0.2) is 4.98 Å². The Balaban J connectivity index is 1.45. The summed E-state index contributed by atoms with van der Waals surface area (Å²) in [5, 5.41) is 5.86. The van der Waals surface area contributed by atoms with Crippen LogP contribution in [-0.4, -0.2) is 33.7 Å². The molecular formula is C36H44N4O2S. The van der Waals surface area contributed by atoms with E-state index >= 15 is 0 Å². The molecule has 0 radical (unpaired) electrons. The van der Waals surface area contributed by atoms with Gasteiger partial charge in [-0.05, 0) is 89.3 Å². The average Bonchev–Trinajstić information content (AvgIpc) is 3.50. The molecule has 0 spiro atoms. The Morgan fingerprint density at radius 3 is 2.35 bits per heavy atom. The summed E-state index contributed by atoms with van der Waals surface area (Å²) in [4.78, 5) is 30.1. The van der Waals surface area contributed by atoms with E-state index in [9.17, 15) is 9.59 Å². The minimum absolute atomic E-state index is 0.141. The van der Waals surface area contributed by atoms with Gasteiger partial charge >= 0.3 is 0 Å². The summed E-state index contributed by atoms with van der Waals surface area (Å²) in [7, 11) is 0. The molecule has 2 aromatic carbocycles. The van der Waals surface area contributed by atoms with E-state index < -0.39 is 0 Å². The Labute approximate surface area is 261 Å². The molecule has 226 valence electrons. The van der Waals surface area contributed by atoms with Crippen molar-refractivity contribution >= 4 is 35.3 Å². The van der Waals surface area contributed by atoms with E-state index in [0.29, 0.717) is 24.3 Å². The van der Waals surface area contributed by atoms with E-state index in [1.807, 2.05) is 59.3 Å². The van der Waals surface area contributed by atoms with Crippen LogP contribution in [0.25, 0.3) is 6.08 Å². The normalized spacial score (nSPS) is 11.9. The van der Waals surface area contributed by atoms with Gasteiger partial charge < -0.3 is 15.2 Å². The van der Waals surface area contributed by atoms with Crippen LogP contribution in [0.1, 0.15) is 69.3 Å². The van der Waals surface area contributed by atoms with Crippen molar-refractivity contribution in [1.82, 2.24) is 14.9 Å². The van der Waals surface area contributed by atoms with Crippen molar-refractivity contribution in [3.63, 3.8) is 0 Å². The van der Waals surface area contributed by atoms with Crippen LogP contribution in [0.4, 0.5) is 5.69 Å². The molecule has 43 heavy (non-hydrogen) atoms. The van der Waals surface area contributed by atoms with Gasteiger partial charge in [-0.2, -0.15) is 0 Å². The van der Waals surface area contributed by atoms with Gasteiger partial charge in [0.15, 0.2) is 0 Å². The first-order valence-electron chi connectivity index (χ1n) is 14.8. The number of benzene rings is 2. The number of hydrogen-bond acceptors (Lipinski definition) is 4. The highest BCUT2D eigenvalue weighted by Crippen LogP contribution is 2.25. The third kappa shape index (κ3) is 13.2. The Kier molecular flexibility index (Phi) is 14.3. The molecule has 1 aromatic heterocycles. The van der Waals surface area contributed by atoms with Crippen LogP contribution in [-0.2, 0) is 11.3 Å². The van der Waals surface area contributed by atoms with E-state index in [4.69, 9.17) is 0 Å². The molecule has 0 saturated carbocycles. The maximum absolute atomic E-state index is 13.1. The van der Waals surface area contributed by atoms with Crippen molar-refractivity contribution in [3.05, 3.63) is 119 Å². The smallest absolute Gasteiger partial charge is 0.256 e. The van der Waals surface area contributed by atoms with Gasteiger partial charge in [-0.1, -0.05) is 59.2 Å². The van der Waals surface area contributed by atoms with Gasteiger partial charge in [0.25, 0.3) is 5.91 Å². The fourth-order valence-corrected chi connectivity index (χ4v) is 5.27. The van der Waals surface area contributed by atoms with E-state index in [1.165, 1.54) is 22.8 Å². The van der Waals surface area contributed by atoms with Gasteiger partial charge in [-0.15, -0.1) is 11.8 Å². The second-order valence-corrected chi connectivity index (χ2v) is 11.8. The molecule has 0 bridgehead atoms. The minimum atomic E-state index is -0.158. The summed E-state index contributed by atoms with van der Waals surface area (Å²) in [6.45, 7) is 9.88. The topological polar surface area (TPSA) is 76.0 Å². The van der Waals surface area contributed by atoms with Crippen LogP contribution in [0.5, 0.6) is 0 Å². The van der Waals surface area contributed by atoms with Crippen LogP contribution in [0.15, 0.2) is 113 Å². The molecule has 3 aromatic rings. The largest absolute Gasteiger partial charge is 0.351 e. The lowest BCUT2D eigenvalue weighted by Crippen LogP contribution is -2.25. The van der Waals surface area contributed by atoms with Gasteiger partial charge in [0.2, 0.25) is 5.91 Å². The molecule has 7 heteroatoms. The molecule has 0 saturated heterocycles. The fraction of sp³-hybridized carbons (Fsp3) is 0.306. The zero-order valence-corrected chi connectivity index (χ0v) is 26.6. The molecular weight excluding hydrogens is 552 g/mol. The number of nitrogens with one attached hydrogen (secondary N) is 2. The maximum atomic E-state index is 13.1. The van der Waals surface area contributed by atoms with E-state index in [-0.39, 0.29) is 11.8 Å². The predicted octanol–water partition coefficient (Wildman–Crippen LogP) is 8.48. The van der Waals surface area contributed by atoms with Crippen molar-refractivity contribution in [2.75, 3.05) is 17.6 Å². The minimum Gasteiger partial charge on any atom is -0.351 e. The molecule has 3 rings (SSSR count). The van der Waals surface area contributed by atoms with Crippen LogP contribution in [0.3, 0.4) is 0 Å². The standard InChI is InChI=1S/C36H44N4O2S/c1-28(2)9-7-10-29(3)11-8-12-30(4)21-26-43-34-14-6-5-13-33(34)36(42)39-32-18-15-31(16-19-32)17-20-35(41)38-23-25-40-24-22-37-27-40/h5-6,9,11,13-22,24,27H,7-8,10,12,23,25-26H2,1-4H3,(H,38,41)(H,39,42)/b20-17+,29-11+,30-21+. The number of carbonyl (C=O) groups excluding carboxylic acids is 2.